The average molecular weight is 311 g/mol. The minimum atomic E-state index is -0.643. The van der Waals surface area contributed by atoms with Crippen LogP contribution in [0.25, 0.3) is 0 Å². The third-order valence-electron chi connectivity index (χ3n) is 3.89. The molecule has 1 atom stereocenters. The maximum Gasteiger partial charge on any atom is 0.313 e. The predicted molar refractivity (Wildman–Crippen MR) is 90.0 cm³/mol. The van der Waals surface area contributed by atoms with Gasteiger partial charge in [-0.2, -0.15) is 0 Å². The van der Waals surface area contributed by atoms with Gasteiger partial charge in [0.25, 0.3) is 0 Å². The summed E-state index contributed by atoms with van der Waals surface area (Å²) in [6, 6.07) is 9.11. The summed E-state index contributed by atoms with van der Waals surface area (Å²) in [5.41, 5.74) is 3.56. The maximum absolute atomic E-state index is 12.3. The number of amides is 2. The molecule has 0 radical (unpaired) electrons. The number of carbonyl (C=O) groups is 2. The molecule has 0 aliphatic carbocycles. The van der Waals surface area contributed by atoms with Crippen LogP contribution in [-0.2, 0) is 9.59 Å². The lowest BCUT2D eigenvalue weighted by molar-refractivity contribution is -0.143. The topological polar surface area (TPSA) is 62.3 Å². The molecule has 0 saturated heterocycles. The molecule has 2 amide bonds. The van der Waals surface area contributed by atoms with E-state index >= 15 is 0 Å². The van der Waals surface area contributed by atoms with Crippen molar-refractivity contribution in [3.8, 4) is 0 Å². The fraction of sp³-hybridized carbons (Fsp3) is 0.278. The third-order valence-corrected chi connectivity index (χ3v) is 3.89. The smallest absolute Gasteiger partial charge is 0.313 e. The second-order valence-corrected chi connectivity index (χ2v) is 5.65. The average Bonchev–Trinajstić information content (AvgIpc) is 2.56. The van der Waals surface area contributed by atoms with Gasteiger partial charge in [0.2, 0.25) is 0 Å². The number of aryl methyl sites for hydroxylation is 2. The Labute approximate surface area is 136 Å². The molecule has 5 nitrogen and oxygen atoms in total. The number of hydrogen-bond donors (Lipinski definition) is 1. The van der Waals surface area contributed by atoms with Crippen LogP contribution in [0.5, 0.6) is 0 Å². The Morgan fingerprint density at radius 3 is 2.57 bits per heavy atom. The highest BCUT2D eigenvalue weighted by Gasteiger charge is 2.24. The summed E-state index contributed by atoms with van der Waals surface area (Å²) in [4.78, 5) is 30.0. The van der Waals surface area contributed by atoms with Gasteiger partial charge in [-0.25, -0.2) is 0 Å². The predicted octanol–water partition coefficient (Wildman–Crippen LogP) is 2.86. The first-order chi connectivity index (χ1) is 10.9. The van der Waals surface area contributed by atoms with Crippen molar-refractivity contribution in [1.29, 1.82) is 0 Å². The molecule has 0 saturated carbocycles. The molecule has 120 valence electrons. The molecule has 5 heteroatoms. The highest BCUT2D eigenvalue weighted by Crippen LogP contribution is 2.19. The van der Waals surface area contributed by atoms with Gasteiger partial charge < -0.3 is 10.2 Å². The van der Waals surface area contributed by atoms with Crippen molar-refractivity contribution in [3.63, 3.8) is 0 Å². The Morgan fingerprint density at radius 2 is 1.96 bits per heavy atom. The van der Waals surface area contributed by atoms with Crippen molar-refractivity contribution in [3.05, 3.63) is 59.4 Å². The normalized spacial score (nSPS) is 11.7. The molecule has 1 aromatic carbocycles. The standard InChI is InChI=1S/C18H21N3O2/c1-12-7-8-16(13(2)10-12)20-17(22)18(23)21(4)14(3)15-6-5-9-19-11-15/h5-11,14H,1-4H3,(H,20,22). The molecule has 1 aromatic heterocycles. The minimum Gasteiger partial charge on any atom is -0.331 e. The number of rotatable bonds is 3. The van der Waals surface area contributed by atoms with Crippen molar-refractivity contribution >= 4 is 17.5 Å². The van der Waals surface area contributed by atoms with E-state index in [1.165, 1.54) is 4.90 Å². The van der Waals surface area contributed by atoms with E-state index in [4.69, 9.17) is 0 Å². The Hall–Kier alpha value is -2.69. The number of hydrogen-bond acceptors (Lipinski definition) is 3. The van der Waals surface area contributed by atoms with Gasteiger partial charge in [0, 0.05) is 25.1 Å². The fourth-order valence-electron chi connectivity index (χ4n) is 2.31. The van der Waals surface area contributed by atoms with E-state index in [9.17, 15) is 9.59 Å². The molecule has 0 aliphatic heterocycles. The van der Waals surface area contributed by atoms with Crippen molar-refractivity contribution in [2.24, 2.45) is 0 Å². The number of nitrogens with one attached hydrogen (secondary N) is 1. The number of nitrogens with zero attached hydrogens (tertiary/aromatic N) is 2. The lowest BCUT2D eigenvalue weighted by Gasteiger charge is -2.24. The van der Waals surface area contributed by atoms with E-state index in [1.807, 2.05) is 39.0 Å². The highest BCUT2D eigenvalue weighted by atomic mass is 16.2. The van der Waals surface area contributed by atoms with E-state index in [1.54, 1.807) is 31.6 Å². The summed E-state index contributed by atoms with van der Waals surface area (Å²) in [6.45, 7) is 5.74. The monoisotopic (exact) mass is 311 g/mol. The molecule has 2 aromatic rings. The molecule has 0 aliphatic rings. The number of aromatic nitrogens is 1. The van der Waals surface area contributed by atoms with Crippen LogP contribution in [0, 0.1) is 13.8 Å². The van der Waals surface area contributed by atoms with Gasteiger partial charge in [-0.05, 0) is 44.0 Å². The van der Waals surface area contributed by atoms with Gasteiger partial charge >= 0.3 is 11.8 Å². The molecule has 2 rings (SSSR count). The van der Waals surface area contributed by atoms with Crippen LogP contribution >= 0.6 is 0 Å². The zero-order valence-corrected chi connectivity index (χ0v) is 13.8. The first kappa shape index (κ1) is 16.7. The third kappa shape index (κ3) is 3.94. The number of pyridine rings is 1. The number of anilines is 1. The number of likely N-dealkylation sites (N-methyl/N-ethyl adjacent to an activating group) is 1. The first-order valence-corrected chi connectivity index (χ1v) is 7.45. The van der Waals surface area contributed by atoms with Crippen LogP contribution in [0.4, 0.5) is 5.69 Å². The van der Waals surface area contributed by atoms with Crippen molar-refractivity contribution in [1.82, 2.24) is 9.88 Å². The van der Waals surface area contributed by atoms with Gasteiger partial charge in [-0.3, -0.25) is 14.6 Å². The summed E-state index contributed by atoms with van der Waals surface area (Å²) in [6.07, 6.45) is 3.36. The summed E-state index contributed by atoms with van der Waals surface area (Å²) in [7, 11) is 1.61. The quantitative estimate of drug-likeness (QED) is 0.887. The van der Waals surface area contributed by atoms with E-state index in [2.05, 4.69) is 10.3 Å². The van der Waals surface area contributed by atoms with Gasteiger partial charge in [0.1, 0.15) is 0 Å². The minimum absolute atomic E-state index is 0.235. The van der Waals surface area contributed by atoms with Crippen LogP contribution in [0.3, 0.4) is 0 Å². The van der Waals surface area contributed by atoms with Crippen LogP contribution in [0.1, 0.15) is 29.7 Å². The summed E-state index contributed by atoms with van der Waals surface area (Å²) >= 11 is 0. The molecule has 1 heterocycles. The van der Waals surface area contributed by atoms with Crippen molar-refractivity contribution < 1.29 is 9.59 Å². The lowest BCUT2D eigenvalue weighted by Crippen LogP contribution is -2.38. The first-order valence-electron chi connectivity index (χ1n) is 7.45. The van der Waals surface area contributed by atoms with E-state index in [-0.39, 0.29) is 6.04 Å². The Kier molecular flexibility index (Phi) is 5.11. The second-order valence-electron chi connectivity index (χ2n) is 5.65. The highest BCUT2D eigenvalue weighted by molar-refractivity contribution is 6.39. The largest absolute Gasteiger partial charge is 0.331 e. The molecule has 0 bridgehead atoms. The zero-order chi connectivity index (χ0) is 17.0. The van der Waals surface area contributed by atoms with Gasteiger partial charge in [-0.15, -0.1) is 0 Å². The Balaban J connectivity index is 2.08. The zero-order valence-electron chi connectivity index (χ0n) is 13.8. The Morgan fingerprint density at radius 1 is 1.22 bits per heavy atom. The lowest BCUT2D eigenvalue weighted by atomic mass is 10.1. The van der Waals surface area contributed by atoms with Crippen molar-refractivity contribution in [2.45, 2.75) is 26.8 Å². The molecule has 0 fully saturated rings. The summed E-state index contributed by atoms with van der Waals surface area (Å²) in [5, 5.41) is 2.68. The van der Waals surface area contributed by atoms with Crippen LogP contribution < -0.4 is 5.32 Å². The summed E-state index contributed by atoms with van der Waals surface area (Å²) in [5.74, 6) is -1.23. The molecular formula is C18H21N3O2. The SMILES string of the molecule is Cc1ccc(NC(=O)C(=O)N(C)C(C)c2cccnc2)c(C)c1. The van der Waals surface area contributed by atoms with E-state index < -0.39 is 11.8 Å². The van der Waals surface area contributed by atoms with Crippen LogP contribution in [0.2, 0.25) is 0 Å². The Bertz CT molecular complexity index is 713. The van der Waals surface area contributed by atoms with Crippen molar-refractivity contribution in [2.75, 3.05) is 12.4 Å². The molecule has 23 heavy (non-hydrogen) atoms. The molecule has 0 spiro atoms. The fourth-order valence-corrected chi connectivity index (χ4v) is 2.31. The second kappa shape index (κ2) is 7.05. The van der Waals surface area contributed by atoms with Gasteiger partial charge in [0.05, 0.1) is 6.04 Å². The molecule has 1 N–H and O–H groups in total. The van der Waals surface area contributed by atoms with Crippen LogP contribution in [0.15, 0.2) is 42.7 Å². The maximum atomic E-state index is 12.3. The van der Waals surface area contributed by atoms with Gasteiger partial charge in [-0.1, -0.05) is 23.8 Å². The molecule has 1 unspecified atom stereocenters. The molecular weight excluding hydrogens is 290 g/mol. The van der Waals surface area contributed by atoms with E-state index in [0.717, 1.165) is 16.7 Å². The number of benzene rings is 1. The van der Waals surface area contributed by atoms with Gasteiger partial charge in [0.15, 0.2) is 0 Å². The summed E-state index contributed by atoms with van der Waals surface area (Å²) < 4.78 is 0. The number of carbonyl (C=O) groups excluding carboxylic acids is 2. The van der Waals surface area contributed by atoms with Crippen LogP contribution in [-0.4, -0.2) is 28.7 Å². The van der Waals surface area contributed by atoms with E-state index in [0.29, 0.717) is 5.69 Å².